The van der Waals surface area contributed by atoms with Crippen molar-refractivity contribution in [2.75, 3.05) is 6.54 Å². The number of hydrogen-bond acceptors (Lipinski definition) is 6. The fourth-order valence-corrected chi connectivity index (χ4v) is 4.63. The summed E-state index contributed by atoms with van der Waals surface area (Å²) in [5.74, 6) is -0.395. The molecule has 3 rings (SSSR count). The van der Waals surface area contributed by atoms with E-state index in [0.29, 0.717) is 18.7 Å². The van der Waals surface area contributed by atoms with Crippen LogP contribution in [0.15, 0.2) is 29.8 Å². The van der Waals surface area contributed by atoms with Crippen LogP contribution in [0.1, 0.15) is 45.7 Å². The quantitative estimate of drug-likeness (QED) is 0.592. The second kappa shape index (κ2) is 10.6. The molecule has 32 heavy (non-hydrogen) atoms. The molecule has 8 nitrogen and oxygen atoms in total. The molecular formula is C23H30N4O4S. The van der Waals surface area contributed by atoms with Gasteiger partial charge in [0.25, 0.3) is 5.91 Å². The van der Waals surface area contributed by atoms with Gasteiger partial charge in [-0.2, -0.15) is 5.48 Å². The average Bonchev–Trinajstić information content (AvgIpc) is 3.44. The number of hydrogen-bond donors (Lipinski definition) is 2. The minimum absolute atomic E-state index is 0.0346. The molecule has 0 bridgehead atoms. The van der Waals surface area contributed by atoms with Gasteiger partial charge in [0.15, 0.2) is 5.75 Å². The predicted octanol–water partition coefficient (Wildman–Crippen LogP) is 3.07. The van der Waals surface area contributed by atoms with Crippen molar-refractivity contribution in [3.63, 3.8) is 0 Å². The highest BCUT2D eigenvalue weighted by molar-refractivity contribution is 7.13. The molecule has 2 aromatic rings. The lowest BCUT2D eigenvalue weighted by Gasteiger charge is -2.31. The Kier molecular flexibility index (Phi) is 7.84. The van der Waals surface area contributed by atoms with Crippen molar-refractivity contribution in [2.45, 2.75) is 59.0 Å². The fourth-order valence-electron chi connectivity index (χ4n) is 3.81. The van der Waals surface area contributed by atoms with Gasteiger partial charge in [-0.15, -0.1) is 11.3 Å². The van der Waals surface area contributed by atoms with Crippen molar-refractivity contribution in [3.8, 4) is 16.2 Å². The average molecular weight is 459 g/mol. The van der Waals surface area contributed by atoms with E-state index in [9.17, 15) is 14.4 Å². The van der Waals surface area contributed by atoms with Gasteiger partial charge >= 0.3 is 0 Å². The summed E-state index contributed by atoms with van der Waals surface area (Å²) in [6.45, 7) is 7.72. The first-order valence-electron chi connectivity index (χ1n) is 10.9. The maximum absolute atomic E-state index is 13.1. The normalized spacial score (nSPS) is 17.5. The Morgan fingerprint density at radius 1 is 1.28 bits per heavy atom. The van der Waals surface area contributed by atoms with Gasteiger partial charge in [0.1, 0.15) is 12.1 Å². The molecule has 2 N–H and O–H groups in total. The Labute approximate surface area is 192 Å². The zero-order valence-corrected chi connectivity index (χ0v) is 19.7. The van der Waals surface area contributed by atoms with Gasteiger partial charge in [-0.1, -0.05) is 20.3 Å². The molecule has 0 spiro atoms. The van der Waals surface area contributed by atoms with Crippen LogP contribution in [0.25, 0.3) is 10.4 Å². The number of carbonyl (C=O) groups excluding carboxylic acids is 3. The highest BCUT2D eigenvalue weighted by Gasteiger charge is 2.39. The van der Waals surface area contributed by atoms with Crippen molar-refractivity contribution in [3.05, 3.63) is 35.5 Å². The summed E-state index contributed by atoms with van der Waals surface area (Å²) in [6.07, 6.45) is 2.01. The van der Waals surface area contributed by atoms with E-state index in [2.05, 4.69) is 15.8 Å². The van der Waals surface area contributed by atoms with Crippen LogP contribution in [0.3, 0.4) is 0 Å². The zero-order valence-electron chi connectivity index (χ0n) is 18.9. The van der Waals surface area contributed by atoms with Crippen molar-refractivity contribution >= 4 is 29.1 Å². The minimum atomic E-state index is -0.644. The monoisotopic (exact) mass is 458 g/mol. The topological polar surface area (TPSA) is 101 Å². The van der Waals surface area contributed by atoms with Gasteiger partial charge in [0, 0.05) is 13.5 Å². The molecule has 2 heterocycles. The third-order valence-electron chi connectivity index (χ3n) is 5.81. The minimum Gasteiger partial charge on any atom is -0.379 e. The molecule has 1 fully saturated rings. The molecule has 1 aliphatic heterocycles. The number of thiazole rings is 1. The van der Waals surface area contributed by atoms with Gasteiger partial charge in [0.05, 0.1) is 16.1 Å². The standard InChI is InChI=1S/C23H30N4O4S/c1-5-14(2)20(25-16(4)28)23(30)27-12-6-7-19(27)22(29)26-31-18-10-8-17(9-11-18)21-15(3)24-13-32-21/h8-11,13-14,19-20H,5-7,12H2,1-4H3,(H,25,28)(H,26,29). The van der Waals surface area contributed by atoms with Gasteiger partial charge in [0.2, 0.25) is 11.8 Å². The van der Waals surface area contributed by atoms with Crippen LogP contribution in [0.4, 0.5) is 0 Å². The Bertz CT molecular complexity index is 959. The molecule has 1 aromatic heterocycles. The highest BCUT2D eigenvalue weighted by Crippen LogP contribution is 2.28. The number of aryl methyl sites for hydroxylation is 1. The molecule has 1 aromatic carbocycles. The van der Waals surface area contributed by atoms with Crippen LogP contribution in [-0.4, -0.2) is 46.2 Å². The Hall–Kier alpha value is -2.94. The van der Waals surface area contributed by atoms with Crippen molar-refractivity contribution < 1.29 is 19.2 Å². The molecule has 0 radical (unpaired) electrons. The molecular weight excluding hydrogens is 428 g/mol. The maximum Gasteiger partial charge on any atom is 0.275 e. The zero-order chi connectivity index (χ0) is 23.3. The van der Waals surface area contributed by atoms with E-state index in [4.69, 9.17) is 4.84 Å². The van der Waals surface area contributed by atoms with Gasteiger partial charge in [-0.25, -0.2) is 4.98 Å². The summed E-state index contributed by atoms with van der Waals surface area (Å²) in [4.78, 5) is 49.9. The maximum atomic E-state index is 13.1. The number of rotatable bonds is 8. The number of benzene rings is 1. The molecule has 1 saturated heterocycles. The van der Waals surface area contributed by atoms with Crippen LogP contribution >= 0.6 is 11.3 Å². The summed E-state index contributed by atoms with van der Waals surface area (Å²) >= 11 is 1.57. The Balaban J connectivity index is 1.62. The van der Waals surface area contributed by atoms with Crippen LogP contribution in [0.5, 0.6) is 5.75 Å². The summed E-state index contributed by atoms with van der Waals surface area (Å²) in [5.41, 5.74) is 6.29. The third-order valence-corrected chi connectivity index (χ3v) is 6.79. The summed E-state index contributed by atoms with van der Waals surface area (Å²) in [5, 5.41) is 2.75. The second-order valence-corrected chi connectivity index (χ2v) is 8.97. The van der Waals surface area contributed by atoms with E-state index in [1.165, 1.54) is 6.92 Å². The van der Waals surface area contributed by atoms with Gasteiger partial charge in [-0.05, 0) is 55.5 Å². The molecule has 3 unspecified atom stereocenters. The van der Waals surface area contributed by atoms with E-state index >= 15 is 0 Å². The van der Waals surface area contributed by atoms with Crippen LogP contribution in [-0.2, 0) is 14.4 Å². The fraction of sp³-hybridized carbons (Fsp3) is 0.478. The van der Waals surface area contributed by atoms with Gasteiger partial charge < -0.3 is 15.1 Å². The third kappa shape index (κ3) is 5.45. The van der Waals surface area contributed by atoms with E-state index in [1.807, 2.05) is 38.4 Å². The van der Waals surface area contributed by atoms with Crippen LogP contribution in [0, 0.1) is 12.8 Å². The van der Waals surface area contributed by atoms with E-state index in [1.54, 1.807) is 28.4 Å². The number of likely N-dealkylation sites (tertiary alicyclic amines) is 1. The molecule has 1 aliphatic rings. The molecule has 3 amide bonds. The summed E-state index contributed by atoms with van der Waals surface area (Å²) in [6, 6.07) is 6.12. The smallest absolute Gasteiger partial charge is 0.275 e. The van der Waals surface area contributed by atoms with Crippen LogP contribution in [0.2, 0.25) is 0 Å². The Morgan fingerprint density at radius 3 is 2.59 bits per heavy atom. The first kappa shape index (κ1) is 23.7. The second-order valence-electron chi connectivity index (χ2n) is 8.11. The van der Waals surface area contributed by atoms with Gasteiger partial charge in [-0.3, -0.25) is 14.4 Å². The largest absolute Gasteiger partial charge is 0.379 e. The number of amides is 3. The SMILES string of the molecule is CCC(C)C(NC(C)=O)C(=O)N1CCCC1C(=O)NOc1ccc(-c2scnc2C)cc1. The first-order chi connectivity index (χ1) is 15.3. The highest BCUT2D eigenvalue weighted by atomic mass is 32.1. The molecule has 0 aliphatic carbocycles. The van der Waals surface area contributed by atoms with Crippen LogP contribution < -0.4 is 15.6 Å². The van der Waals surface area contributed by atoms with Crippen molar-refractivity contribution in [1.82, 2.24) is 20.7 Å². The lowest BCUT2D eigenvalue weighted by Crippen LogP contribution is -2.55. The number of carbonyl (C=O) groups is 3. The van der Waals surface area contributed by atoms with Crippen molar-refractivity contribution in [2.24, 2.45) is 5.92 Å². The summed E-state index contributed by atoms with van der Waals surface area (Å²) in [7, 11) is 0. The predicted molar refractivity (Wildman–Crippen MR) is 123 cm³/mol. The molecule has 172 valence electrons. The van der Waals surface area contributed by atoms with E-state index < -0.39 is 12.1 Å². The Morgan fingerprint density at radius 2 is 2.00 bits per heavy atom. The molecule has 9 heteroatoms. The van der Waals surface area contributed by atoms with Crippen molar-refractivity contribution in [1.29, 1.82) is 0 Å². The first-order valence-corrected chi connectivity index (χ1v) is 11.7. The van der Waals surface area contributed by atoms with E-state index in [-0.39, 0.29) is 23.6 Å². The summed E-state index contributed by atoms with van der Waals surface area (Å²) < 4.78 is 0. The number of nitrogens with zero attached hydrogens (tertiary/aromatic N) is 2. The molecule has 0 saturated carbocycles. The van der Waals surface area contributed by atoms with E-state index in [0.717, 1.165) is 29.0 Å². The molecule has 3 atom stereocenters. The lowest BCUT2D eigenvalue weighted by atomic mass is 9.97. The number of hydroxylamine groups is 1. The number of nitrogens with one attached hydrogen (secondary N) is 2. The number of aromatic nitrogens is 1. The lowest BCUT2D eigenvalue weighted by molar-refractivity contribution is -0.144.